The van der Waals surface area contributed by atoms with E-state index in [1.165, 1.54) is 23.5 Å². The van der Waals surface area contributed by atoms with Gasteiger partial charge in [0.1, 0.15) is 11.9 Å². The molecule has 0 radical (unpaired) electrons. The molecular weight excluding hydrogens is 406 g/mol. The molecule has 0 aliphatic rings. The molecule has 19 heavy (non-hydrogen) atoms. The Morgan fingerprint density at radius 2 is 1.95 bits per heavy atom. The van der Waals surface area contributed by atoms with E-state index in [0.717, 1.165) is 7.57 Å². The van der Waals surface area contributed by atoms with Crippen LogP contribution in [0, 0.1) is 0 Å². The average molecular weight is 414 g/mol. The highest BCUT2D eigenvalue weighted by Gasteiger charge is 2.17. The van der Waals surface area contributed by atoms with Gasteiger partial charge in [0.15, 0.2) is 0 Å². The minimum absolute atomic E-state index is 0.0250. The monoisotopic (exact) mass is 412 g/mol. The second kappa shape index (κ2) is 6.30. The lowest BCUT2D eigenvalue weighted by Crippen LogP contribution is -2.04. The van der Waals surface area contributed by atoms with E-state index in [1.54, 1.807) is 18.2 Å². The molecule has 0 saturated heterocycles. The van der Waals surface area contributed by atoms with Gasteiger partial charge in [0, 0.05) is 5.56 Å². The lowest BCUT2D eigenvalue weighted by atomic mass is 10.0. The topological polar surface area (TPSA) is 29.5 Å². The highest BCUT2D eigenvalue weighted by molar-refractivity contribution is 9.12. The third-order valence-electron chi connectivity index (χ3n) is 2.38. The first-order valence-electron chi connectivity index (χ1n) is 5.15. The summed E-state index contributed by atoms with van der Waals surface area (Å²) in [5.74, 6) is 0.0250. The van der Waals surface area contributed by atoms with Crippen molar-refractivity contribution in [2.24, 2.45) is 0 Å². The van der Waals surface area contributed by atoms with Gasteiger partial charge in [0.05, 0.1) is 7.57 Å². The van der Waals surface area contributed by atoms with Crippen molar-refractivity contribution in [1.82, 2.24) is 0 Å². The molecule has 0 amide bonds. The Hall–Kier alpha value is -0.500. The van der Waals surface area contributed by atoms with E-state index in [9.17, 15) is 13.9 Å². The molecule has 7 heteroatoms. The summed E-state index contributed by atoms with van der Waals surface area (Å²) in [6, 6.07) is 7.81. The predicted octanol–water partition coefficient (Wildman–Crippen LogP) is 4.96. The molecule has 1 heterocycles. The summed E-state index contributed by atoms with van der Waals surface area (Å²) in [4.78, 5) is 0. The third-order valence-corrected chi connectivity index (χ3v) is 4.76. The van der Waals surface area contributed by atoms with Gasteiger partial charge >= 0.3 is 6.61 Å². The van der Waals surface area contributed by atoms with Gasteiger partial charge < -0.3 is 9.84 Å². The van der Waals surface area contributed by atoms with Gasteiger partial charge in [-0.25, -0.2) is 0 Å². The van der Waals surface area contributed by atoms with Crippen molar-refractivity contribution in [3.63, 3.8) is 0 Å². The number of aliphatic hydroxyl groups is 1. The molecule has 1 aromatic heterocycles. The van der Waals surface area contributed by atoms with Crippen LogP contribution in [0.1, 0.15) is 17.2 Å². The smallest absolute Gasteiger partial charge is 0.387 e. The van der Waals surface area contributed by atoms with Crippen LogP contribution in [0.4, 0.5) is 8.78 Å². The molecule has 2 nitrogen and oxygen atoms in total. The van der Waals surface area contributed by atoms with E-state index < -0.39 is 12.7 Å². The molecule has 2 rings (SSSR count). The van der Waals surface area contributed by atoms with Gasteiger partial charge in [-0.2, -0.15) is 8.78 Å². The first-order valence-corrected chi connectivity index (χ1v) is 7.55. The van der Waals surface area contributed by atoms with Crippen molar-refractivity contribution in [1.29, 1.82) is 0 Å². The maximum atomic E-state index is 12.1. The molecule has 1 aromatic carbocycles. The minimum atomic E-state index is -2.88. The normalized spacial score (nSPS) is 12.7. The van der Waals surface area contributed by atoms with Crippen molar-refractivity contribution in [2.45, 2.75) is 12.7 Å². The number of aliphatic hydroxyl groups excluding tert-OH is 1. The third kappa shape index (κ3) is 3.75. The fourth-order valence-corrected chi connectivity index (χ4v) is 4.46. The minimum Gasteiger partial charge on any atom is -0.435 e. The van der Waals surface area contributed by atoms with Crippen LogP contribution in [0.15, 0.2) is 37.9 Å². The fraction of sp³-hybridized carbons (Fsp3) is 0.167. The Morgan fingerprint density at radius 3 is 2.53 bits per heavy atom. The predicted molar refractivity (Wildman–Crippen MR) is 76.9 cm³/mol. The summed E-state index contributed by atoms with van der Waals surface area (Å²) in [5, 5.41) is 10.3. The van der Waals surface area contributed by atoms with E-state index in [-0.39, 0.29) is 5.75 Å². The molecule has 0 bridgehead atoms. The van der Waals surface area contributed by atoms with E-state index in [0.29, 0.717) is 11.1 Å². The van der Waals surface area contributed by atoms with E-state index in [1.807, 2.05) is 0 Å². The van der Waals surface area contributed by atoms with E-state index in [4.69, 9.17) is 0 Å². The number of alkyl halides is 2. The Labute approximate surface area is 129 Å². The largest absolute Gasteiger partial charge is 0.435 e. The van der Waals surface area contributed by atoms with E-state index >= 15 is 0 Å². The summed E-state index contributed by atoms with van der Waals surface area (Å²) in [7, 11) is 0. The molecule has 2 aromatic rings. The summed E-state index contributed by atoms with van der Waals surface area (Å²) >= 11 is 8.10. The van der Waals surface area contributed by atoms with Crippen molar-refractivity contribution in [3.05, 3.63) is 49.0 Å². The van der Waals surface area contributed by atoms with Crippen LogP contribution in [0.2, 0.25) is 0 Å². The van der Waals surface area contributed by atoms with Crippen molar-refractivity contribution in [3.8, 4) is 5.75 Å². The zero-order valence-electron chi connectivity index (χ0n) is 9.32. The first-order chi connectivity index (χ1) is 8.97. The van der Waals surface area contributed by atoms with Crippen LogP contribution in [-0.2, 0) is 0 Å². The first kappa shape index (κ1) is 14.9. The maximum absolute atomic E-state index is 12.1. The molecule has 0 spiro atoms. The van der Waals surface area contributed by atoms with Gasteiger partial charge in [-0.3, -0.25) is 0 Å². The zero-order valence-corrected chi connectivity index (χ0v) is 13.3. The van der Waals surface area contributed by atoms with Gasteiger partial charge in [0.25, 0.3) is 0 Å². The Balaban J connectivity index is 2.28. The maximum Gasteiger partial charge on any atom is 0.387 e. The van der Waals surface area contributed by atoms with Crippen LogP contribution in [-0.4, -0.2) is 11.7 Å². The van der Waals surface area contributed by atoms with Gasteiger partial charge in [-0.05, 0) is 55.6 Å². The number of ether oxygens (including phenoxy) is 1. The highest BCUT2D eigenvalue weighted by atomic mass is 79.9. The number of rotatable bonds is 4. The lowest BCUT2D eigenvalue weighted by molar-refractivity contribution is -0.0499. The summed E-state index contributed by atoms with van der Waals surface area (Å²) in [6.07, 6.45) is -0.904. The highest BCUT2D eigenvalue weighted by Crippen LogP contribution is 2.38. The molecule has 0 aliphatic heterocycles. The summed E-state index contributed by atoms with van der Waals surface area (Å²) in [5.41, 5.74) is 1.16. The lowest BCUT2D eigenvalue weighted by Gasteiger charge is -2.12. The number of hydrogen-bond donors (Lipinski definition) is 1. The van der Waals surface area contributed by atoms with Crippen molar-refractivity contribution >= 4 is 43.2 Å². The SMILES string of the molecule is OC(c1cccc(OC(F)F)c1)c1cc(Br)sc1Br. The molecular formula is C12H8Br2F2O2S. The van der Waals surface area contributed by atoms with Gasteiger partial charge in [-0.15, -0.1) is 11.3 Å². The second-order valence-electron chi connectivity index (χ2n) is 3.63. The number of hydrogen-bond acceptors (Lipinski definition) is 3. The molecule has 1 N–H and O–H groups in total. The van der Waals surface area contributed by atoms with Crippen LogP contribution in [0.5, 0.6) is 5.75 Å². The van der Waals surface area contributed by atoms with Crippen LogP contribution in [0.3, 0.4) is 0 Å². The van der Waals surface area contributed by atoms with Crippen molar-refractivity contribution in [2.75, 3.05) is 0 Å². The summed E-state index contributed by atoms with van der Waals surface area (Å²) in [6.45, 7) is -2.88. The zero-order chi connectivity index (χ0) is 14.0. The quantitative estimate of drug-likeness (QED) is 0.767. The number of thiophene rings is 1. The molecule has 0 saturated carbocycles. The Kier molecular flexibility index (Phi) is 4.94. The number of halogens is 4. The fourth-order valence-electron chi connectivity index (χ4n) is 1.58. The van der Waals surface area contributed by atoms with Crippen LogP contribution >= 0.6 is 43.2 Å². The standard InChI is InChI=1S/C12H8Br2F2O2S/c13-9-5-8(11(14)19-9)10(17)6-2-1-3-7(4-6)18-12(15)16/h1-5,10,12,17H. The second-order valence-corrected chi connectivity index (χ2v) is 7.38. The van der Waals surface area contributed by atoms with Gasteiger partial charge in [-0.1, -0.05) is 12.1 Å². The molecule has 1 unspecified atom stereocenters. The summed E-state index contributed by atoms with van der Waals surface area (Å²) < 4.78 is 30.3. The Morgan fingerprint density at radius 1 is 1.21 bits per heavy atom. The number of benzene rings is 1. The van der Waals surface area contributed by atoms with E-state index in [2.05, 4.69) is 36.6 Å². The van der Waals surface area contributed by atoms with Gasteiger partial charge in [0.2, 0.25) is 0 Å². The average Bonchev–Trinajstić information content (AvgIpc) is 2.67. The van der Waals surface area contributed by atoms with Crippen LogP contribution in [0.25, 0.3) is 0 Å². The molecule has 0 fully saturated rings. The Bertz CT molecular complexity index is 575. The molecule has 0 aliphatic carbocycles. The van der Waals surface area contributed by atoms with Crippen LogP contribution < -0.4 is 4.74 Å². The van der Waals surface area contributed by atoms with Crippen molar-refractivity contribution < 1.29 is 18.6 Å². The molecule has 102 valence electrons. The molecule has 1 atom stereocenters.